The third-order valence-electron chi connectivity index (χ3n) is 3.88. The zero-order chi connectivity index (χ0) is 18.7. The number of rotatable bonds is 5. The first-order valence-electron chi connectivity index (χ1n) is 7.77. The minimum Gasteiger partial charge on any atom is -0.352 e. The van der Waals surface area contributed by atoms with Crippen LogP contribution in [0.25, 0.3) is 0 Å². The summed E-state index contributed by atoms with van der Waals surface area (Å²) in [5, 5.41) is 5.95. The molecule has 2 atom stereocenters. The van der Waals surface area contributed by atoms with Crippen LogP contribution in [0.5, 0.6) is 0 Å². The van der Waals surface area contributed by atoms with Crippen molar-refractivity contribution in [1.82, 2.24) is 15.4 Å². The molecule has 0 spiro atoms. The number of hydrogen-bond donors (Lipinski definition) is 3. The molecule has 1 saturated heterocycles. The van der Waals surface area contributed by atoms with Gasteiger partial charge in [-0.3, -0.25) is 4.79 Å². The molecule has 1 fully saturated rings. The molecular formula is C15H20F3N3O3S. The molecule has 25 heavy (non-hydrogen) atoms. The van der Waals surface area contributed by atoms with Crippen molar-refractivity contribution >= 4 is 15.9 Å². The number of carbonyl (C=O) groups excluding carboxylic acids is 1. The van der Waals surface area contributed by atoms with Gasteiger partial charge in [0.2, 0.25) is 15.9 Å². The number of benzene rings is 1. The molecule has 10 heteroatoms. The minimum atomic E-state index is -4.64. The Morgan fingerprint density at radius 3 is 2.72 bits per heavy atom. The first kappa shape index (κ1) is 19.7. The Bertz CT molecular complexity index is 722. The van der Waals surface area contributed by atoms with Crippen molar-refractivity contribution in [1.29, 1.82) is 0 Å². The lowest BCUT2D eigenvalue weighted by atomic mass is 10.0. The highest BCUT2D eigenvalue weighted by Gasteiger charge is 2.31. The molecule has 0 saturated carbocycles. The molecule has 1 amide bonds. The van der Waals surface area contributed by atoms with E-state index in [-0.39, 0.29) is 12.1 Å². The minimum absolute atomic E-state index is 0.0539. The van der Waals surface area contributed by atoms with Crippen LogP contribution in [0, 0.1) is 0 Å². The summed E-state index contributed by atoms with van der Waals surface area (Å²) >= 11 is 0. The van der Waals surface area contributed by atoms with Gasteiger partial charge in [0.15, 0.2) is 0 Å². The fraction of sp³-hybridized carbons (Fsp3) is 0.533. The van der Waals surface area contributed by atoms with E-state index in [4.69, 9.17) is 0 Å². The quantitative estimate of drug-likeness (QED) is 0.718. The Morgan fingerprint density at radius 1 is 1.36 bits per heavy atom. The van der Waals surface area contributed by atoms with E-state index in [1.807, 2.05) is 11.6 Å². The molecule has 1 aromatic rings. The summed E-state index contributed by atoms with van der Waals surface area (Å²) in [7, 11) is -4.21. The molecule has 0 bridgehead atoms. The molecule has 2 rings (SSSR count). The van der Waals surface area contributed by atoms with Gasteiger partial charge in [0.05, 0.1) is 17.0 Å². The lowest BCUT2D eigenvalue weighted by molar-refractivity contribution is -0.137. The predicted octanol–water partition coefficient (Wildman–Crippen LogP) is 1.24. The standard InChI is InChI=1S/C15H20F3N3O3S/c1-10-7-12(5-6-19-10)21-14(22)9-20-25(23,24)13-4-2-3-11(8-13)15(16,17)18/h2-4,8,10,12,19-20H,5-7,9H2,1H3,(H,21,22). The largest absolute Gasteiger partial charge is 0.416 e. The summed E-state index contributed by atoms with van der Waals surface area (Å²) in [6.45, 7) is 2.20. The van der Waals surface area contributed by atoms with Crippen molar-refractivity contribution < 1.29 is 26.4 Å². The monoisotopic (exact) mass is 379 g/mol. The van der Waals surface area contributed by atoms with Gasteiger partial charge in [-0.15, -0.1) is 0 Å². The number of amides is 1. The molecule has 0 aromatic heterocycles. The first-order valence-corrected chi connectivity index (χ1v) is 9.26. The Hall–Kier alpha value is -1.65. The molecular weight excluding hydrogens is 359 g/mol. The summed E-state index contributed by atoms with van der Waals surface area (Å²) in [6, 6.07) is 3.57. The lowest BCUT2D eigenvalue weighted by Gasteiger charge is -2.28. The van der Waals surface area contributed by atoms with Crippen LogP contribution < -0.4 is 15.4 Å². The van der Waals surface area contributed by atoms with E-state index in [0.29, 0.717) is 6.07 Å². The van der Waals surface area contributed by atoms with Gasteiger partial charge in [0, 0.05) is 12.1 Å². The maximum Gasteiger partial charge on any atom is 0.416 e. The third kappa shape index (κ3) is 5.68. The number of hydrogen-bond acceptors (Lipinski definition) is 4. The molecule has 140 valence electrons. The molecule has 1 heterocycles. The van der Waals surface area contributed by atoms with Crippen LogP contribution in [0.3, 0.4) is 0 Å². The molecule has 2 unspecified atom stereocenters. The molecule has 0 radical (unpaired) electrons. The van der Waals surface area contributed by atoms with Crippen LogP contribution >= 0.6 is 0 Å². The SMILES string of the molecule is CC1CC(NC(=O)CNS(=O)(=O)c2cccc(C(F)(F)F)c2)CCN1. The van der Waals surface area contributed by atoms with Crippen LogP contribution in [-0.2, 0) is 21.0 Å². The third-order valence-corrected chi connectivity index (χ3v) is 5.28. The van der Waals surface area contributed by atoms with E-state index < -0.39 is 39.1 Å². The first-order chi connectivity index (χ1) is 11.6. The Labute approximate surface area is 144 Å². The lowest BCUT2D eigenvalue weighted by Crippen LogP contribution is -2.48. The highest BCUT2D eigenvalue weighted by Crippen LogP contribution is 2.30. The topological polar surface area (TPSA) is 87.3 Å². The van der Waals surface area contributed by atoms with E-state index in [2.05, 4.69) is 10.6 Å². The van der Waals surface area contributed by atoms with Gasteiger partial charge in [0.25, 0.3) is 0 Å². The summed E-state index contributed by atoms with van der Waals surface area (Å²) in [5.74, 6) is -0.519. The van der Waals surface area contributed by atoms with Gasteiger partial charge >= 0.3 is 6.18 Å². The average molecular weight is 379 g/mol. The smallest absolute Gasteiger partial charge is 0.352 e. The molecule has 6 nitrogen and oxygen atoms in total. The molecule has 1 aliphatic heterocycles. The van der Waals surface area contributed by atoms with E-state index in [1.165, 1.54) is 0 Å². The highest BCUT2D eigenvalue weighted by molar-refractivity contribution is 7.89. The van der Waals surface area contributed by atoms with Crippen molar-refractivity contribution in [2.45, 2.75) is 42.9 Å². The average Bonchev–Trinajstić information content (AvgIpc) is 2.52. The van der Waals surface area contributed by atoms with Gasteiger partial charge in [-0.05, 0) is 44.5 Å². The summed E-state index contributed by atoms with van der Waals surface area (Å²) < 4.78 is 64.2. The van der Waals surface area contributed by atoms with Gasteiger partial charge in [-0.2, -0.15) is 13.2 Å². The van der Waals surface area contributed by atoms with Crippen LogP contribution in [0.1, 0.15) is 25.3 Å². The zero-order valence-electron chi connectivity index (χ0n) is 13.6. The fourth-order valence-corrected chi connectivity index (χ4v) is 3.65. The normalized spacial score (nSPS) is 21.8. The number of piperidine rings is 1. The number of carbonyl (C=O) groups is 1. The van der Waals surface area contributed by atoms with Crippen molar-refractivity contribution in [2.24, 2.45) is 0 Å². The van der Waals surface area contributed by atoms with Gasteiger partial charge in [0.1, 0.15) is 0 Å². The van der Waals surface area contributed by atoms with Crippen molar-refractivity contribution in [3.8, 4) is 0 Å². The van der Waals surface area contributed by atoms with Gasteiger partial charge in [-0.25, -0.2) is 13.1 Å². The van der Waals surface area contributed by atoms with Crippen molar-refractivity contribution in [3.63, 3.8) is 0 Å². The van der Waals surface area contributed by atoms with E-state index in [0.717, 1.165) is 37.6 Å². The van der Waals surface area contributed by atoms with Crippen LogP contribution in [-0.4, -0.2) is 39.5 Å². The summed E-state index contributed by atoms with van der Waals surface area (Å²) in [5.41, 5.74) is -1.07. The maximum absolute atomic E-state index is 12.7. The highest BCUT2D eigenvalue weighted by atomic mass is 32.2. The Balaban J connectivity index is 1.96. The van der Waals surface area contributed by atoms with E-state index in [1.54, 1.807) is 0 Å². The predicted molar refractivity (Wildman–Crippen MR) is 85.3 cm³/mol. The van der Waals surface area contributed by atoms with Gasteiger partial charge in [-0.1, -0.05) is 6.07 Å². The second-order valence-electron chi connectivity index (χ2n) is 5.99. The Kier molecular flexibility index (Phi) is 6.07. The second kappa shape index (κ2) is 7.71. The molecule has 1 aromatic carbocycles. The summed E-state index contributed by atoms with van der Waals surface area (Å²) in [4.78, 5) is 11.3. The zero-order valence-corrected chi connectivity index (χ0v) is 14.4. The fourth-order valence-electron chi connectivity index (χ4n) is 2.63. The van der Waals surface area contributed by atoms with Crippen LogP contribution in [0.2, 0.25) is 0 Å². The van der Waals surface area contributed by atoms with E-state index >= 15 is 0 Å². The number of sulfonamides is 1. The summed E-state index contributed by atoms with van der Waals surface area (Å²) in [6.07, 6.45) is -3.18. The second-order valence-corrected chi connectivity index (χ2v) is 7.76. The molecule has 3 N–H and O–H groups in total. The van der Waals surface area contributed by atoms with Gasteiger partial charge < -0.3 is 10.6 Å². The van der Waals surface area contributed by atoms with Crippen molar-refractivity contribution in [3.05, 3.63) is 29.8 Å². The Morgan fingerprint density at radius 2 is 2.08 bits per heavy atom. The van der Waals surface area contributed by atoms with Crippen molar-refractivity contribution in [2.75, 3.05) is 13.1 Å². The molecule has 1 aliphatic rings. The van der Waals surface area contributed by atoms with E-state index in [9.17, 15) is 26.4 Å². The van der Waals surface area contributed by atoms with Crippen LogP contribution in [0.4, 0.5) is 13.2 Å². The number of halogens is 3. The van der Waals surface area contributed by atoms with Crippen LogP contribution in [0.15, 0.2) is 29.2 Å². The number of alkyl halides is 3. The molecule has 0 aliphatic carbocycles. The maximum atomic E-state index is 12.7. The number of nitrogens with one attached hydrogen (secondary N) is 3.